The molecule has 1 N–H and O–H groups in total. The van der Waals surface area contributed by atoms with E-state index in [0.717, 1.165) is 24.3 Å². The summed E-state index contributed by atoms with van der Waals surface area (Å²) in [5.41, 5.74) is -0.932. The van der Waals surface area contributed by atoms with Crippen LogP contribution in [-0.2, 0) is 6.18 Å². The maximum Gasteiger partial charge on any atom is 0.416 e. The number of H-pyrrole nitrogens is 1. The van der Waals surface area contributed by atoms with Crippen LogP contribution in [0.2, 0.25) is 0 Å². The lowest BCUT2D eigenvalue weighted by molar-refractivity contribution is -0.137. The van der Waals surface area contributed by atoms with Gasteiger partial charge in [-0.2, -0.15) is 18.3 Å². The Kier molecular flexibility index (Phi) is 3.99. The number of benzene rings is 1. The Morgan fingerprint density at radius 1 is 1.16 bits per heavy atom. The number of halogens is 3. The number of alkyl halides is 3. The lowest BCUT2D eigenvalue weighted by atomic mass is 10.0. The van der Waals surface area contributed by atoms with Gasteiger partial charge in [0.1, 0.15) is 5.82 Å². The van der Waals surface area contributed by atoms with Gasteiger partial charge in [-0.25, -0.2) is 9.67 Å². The number of nitrogens with one attached hydrogen (secondary N) is 1. The molecule has 0 bridgehead atoms. The van der Waals surface area contributed by atoms with Gasteiger partial charge in [0.05, 0.1) is 17.3 Å². The summed E-state index contributed by atoms with van der Waals surface area (Å²) in [6, 6.07) is 5.13. The van der Waals surface area contributed by atoms with E-state index < -0.39 is 17.5 Å². The number of nitrogens with zero attached hydrogens (tertiary/aromatic N) is 3. The second-order valence-corrected chi connectivity index (χ2v) is 5.27. The van der Waals surface area contributed by atoms with E-state index in [2.05, 4.69) is 15.1 Å². The van der Waals surface area contributed by atoms with Crippen LogP contribution < -0.4 is 5.56 Å². The van der Waals surface area contributed by atoms with Gasteiger partial charge >= 0.3 is 6.18 Å². The smallest absolute Gasteiger partial charge is 0.311 e. The molecule has 2 heterocycles. The van der Waals surface area contributed by atoms with Crippen molar-refractivity contribution in [3.8, 4) is 5.82 Å². The molecule has 3 rings (SSSR count). The second kappa shape index (κ2) is 6.00. The number of hydrogen-bond donors (Lipinski definition) is 1. The van der Waals surface area contributed by atoms with Crippen LogP contribution in [0.5, 0.6) is 0 Å². The maximum atomic E-state index is 12.6. The number of aromatic nitrogens is 4. The molecule has 0 aliphatic heterocycles. The molecule has 6 nitrogen and oxygen atoms in total. The lowest BCUT2D eigenvalue weighted by Crippen LogP contribution is -2.12. The van der Waals surface area contributed by atoms with E-state index in [4.69, 9.17) is 0 Å². The zero-order chi connectivity index (χ0) is 18.2. The number of hydrogen-bond acceptors (Lipinski definition) is 4. The Bertz CT molecular complexity index is 988. The monoisotopic (exact) mass is 348 g/mol. The Hall–Kier alpha value is -3.23. The van der Waals surface area contributed by atoms with Crippen molar-refractivity contribution in [2.75, 3.05) is 0 Å². The number of carbonyl (C=O) groups excluding carboxylic acids is 1. The molecule has 0 fully saturated rings. The van der Waals surface area contributed by atoms with Gasteiger partial charge in [0.2, 0.25) is 0 Å². The normalized spacial score (nSPS) is 11.5. The molecular formula is C16H11F3N4O2. The summed E-state index contributed by atoms with van der Waals surface area (Å²) < 4.78 is 38.9. The third-order valence-corrected chi connectivity index (χ3v) is 3.40. The molecular weight excluding hydrogens is 337 g/mol. The first-order chi connectivity index (χ1) is 11.7. The Morgan fingerprint density at radius 2 is 1.84 bits per heavy atom. The minimum atomic E-state index is -4.46. The van der Waals surface area contributed by atoms with Gasteiger partial charge in [0, 0.05) is 17.8 Å². The van der Waals surface area contributed by atoms with Crippen LogP contribution in [-0.4, -0.2) is 25.5 Å². The molecule has 0 radical (unpaired) electrons. The first-order valence-corrected chi connectivity index (χ1v) is 7.09. The summed E-state index contributed by atoms with van der Waals surface area (Å²) in [5, 5.41) is 3.97. The molecule has 25 heavy (non-hydrogen) atoms. The Morgan fingerprint density at radius 3 is 2.44 bits per heavy atom. The third-order valence-electron chi connectivity index (χ3n) is 3.40. The lowest BCUT2D eigenvalue weighted by Gasteiger charge is -2.06. The molecule has 3 aromatic rings. The highest BCUT2D eigenvalue weighted by Crippen LogP contribution is 2.29. The zero-order valence-corrected chi connectivity index (χ0v) is 12.8. The fraction of sp³-hybridized carbons (Fsp3) is 0.125. The summed E-state index contributed by atoms with van der Waals surface area (Å²) >= 11 is 0. The van der Waals surface area contributed by atoms with Crippen molar-refractivity contribution in [2.45, 2.75) is 13.1 Å². The predicted octanol–water partition coefficient (Wildman–Crippen LogP) is 2.51. The van der Waals surface area contributed by atoms with E-state index in [-0.39, 0.29) is 22.5 Å². The van der Waals surface area contributed by atoms with E-state index in [9.17, 15) is 22.8 Å². The maximum absolute atomic E-state index is 12.6. The molecule has 0 atom stereocenters. The number of rotatable bonds is 3. The van der Waals surface area contributed by atoms with Crippen LogP contribution in [0.25, 0.3) is 5.82 Å². The number of carbonyl (C=O) groups is 1. The van der Waals surface area contributed by atoms with E-state index in [1.807, 2.05) is 0 Å². The summed E-state index contributed by atoms with van der Waals surface area (Å²) in [5.74, 6) is 0.128. The molecule has 0 saturated carbocycles. The van der Waals surface area contributed by atoms with Gasteiger partial charge in [-0.3, -0.25) is 9.59 Å². The first-order valence-electron chi connectivity index (χ1n) is 7.09. The molecule has 0 unspecified atom stereocenters. The van der Waals surface area contributed by atoms with Crippen LogP contribution in [0, 0.1) is 6.92 Å². The number of ketones is 1. The second-order valence-electron chi connectivity index (χ2n) is 5.27. The highest BCUT2D eigenvalue weighted by molar-refractivity contribution is 6.08. The van der Waals surface area contributed by atoms with Crippen LogP contribution in [0.4, 0.5) is 13.2 Å². The van der Waals surface area contributed by atoms with Crippen LogP contribution in [0.1, 0.15) is 27.3 Å². The fourth-order valence-corrected chi connectivity index (χ4v) is 2.22. The molecule has 128 valence electrons. The highest BCUT2D eigenvalue weighted by Gasteiger charge is 2.30. The van der Waals surface area contributed by atoms with Crippen molar-refractivity contribution < 1.29 is 18.0 Å². The largest absolute Gasteiger partial charge is 0.416 e. The minimum Gasteiger partial charge on any atom is -0.311 e. The van der Waals surface area contributed by atoms with Gasteiger partial charge in [-0.05, 0) is 19.1 Å². The van der Waals surface area contributed by atoms with Gasteiger partial charge in [-0.1, -0.05) is 12.1 Å². The van der Waals surface area contributed by atoms with Crippen molar-refractivity contribution >= 4 is 5.78 Å². The van der Waals surface area contributed by atoms with Crippen LogP contribution >= 0.6 is 0 Å². The first kappa shape index (κ1) is 16.6. The van der Waals surface area contributed by atoms with E-state index in [0.29, 0.717) is 5.82 Å². The molecule has 0 spiro atoms. The molecule has 2 aromatic heterocycles. The van der Waals surface area contributed by atoms with Crippen molar-refractivity contribution in [1.29, 1.82) is 0 Å². The van der Waals surface area contributed by atoms with Gasteiger partial charge in [-0.15, -0.1) is 0 Å². The Balaban J connectivity index is 1.89. The number of aromatic amines is 1. The van der Waals surface area contributed by atoms with Gasteiger partial charge in [0.15, 0.2) is 11.6 Å². The zero-order valence-electron chi connectivity index (χ0n) is 12.8. The van der Waals surface area contributed by atoms with Crippen molar-refractivity contribution in [1.82, 2.24) is 19.7 Å². The molecule has 0 aliphatic rings. The summed E-state index contributed by atoms with van der Waals surface area (Å²) in [6.07, 6.45) is -1.84. The average Bonchev–Trinajstić information content (AvgIpc) is 3.02. The average molecular weight is 348 g/mol. The molecule has 9 heteroatoms. The van der Waals surface area contributed by atoms with Crippen molar-refractivity contribution in [2.24, 2.45) is 0 Å². The van der Waals surface area contributed by atoms with Crippen LogP contribution in [0.3, 0.4) is 0 Å². The van der Waals surface area contributed by atoms with Crippen molar-refractivity contribution in [3.63, 3.8) is 0 Å². The highest BCUT2D eigenvalue weighted by atomic mass is 19.4. The SMILES string of the molecule is Cc1nc(-n2cc(C(=O)c3ccc(C(F)(F)F)cc3)cn2)cc(=O)[nH]1. The Labute approximate surface area is 139 Å². The van der Waals surface area contributed by atoms with E-state index >= 15 is 0 Å². The molecule has 0 amide bonds. The fourth-order valence-electron chi connectivity index (χ4n) is 2.22. The minimum absolute atomic E-state index is 0.0996. The quantitative estimate of drug-likeness (QED) is 0.738. The van der Waals surface area contributed by atoms with Gasteiger partial charge in [0.25, 0.3) is 5.56 Å². The summed E-state index contributed by atoms with van der Waals surface area (Å²) in [7, 11) is 0. The topological polar surface area (TPSA) is 80.6 Å². The summed E-state index contributed by atoms with van der Waals surface area (Å²) in [4.78, 5) is 30.4. The van der Waals surface area contributed by atoms with Gasteiger partial charge < -0.3 is 4.98 Å². The third kappa shape index (κ3) is 3.49. The van der Waals surface area contributed by atoms with E-state index in [1.165, 1.54) is 23.1 Å². The summed E-state index contributed by atoms with van der Waals surface area (Å²) in [6.45, 7) is 1.60. The number of aryl methyl sites for hydroxylation is 1. The predicted molar refractivity (Wildman–Crippen MR) is 81.6 cm³/mol. The standard InChI is InChI=1S/C16H11F3N4O2/c1-9-21-13(6-14(24)22-9)23-8-11(7-20-23)15(25)10-2-4-12(5-3-10)16(17,18)19/h2-8H,1H3,(H,21,22,24). The van der Waals surface area contributed by atoms with E-state index in [1.54, 1.807) is 6.92 Å². The molecule has 0 saturated heterocycles. The van der Waals surface area contributed by atoms with Crippen LogP contribution in [0.15, 0.2) is 47.5 Å². The van der Waals surface area contributed by atoms with Crippen molar-refractivity contribution in [3.05, 3.63) is 75.6 Å². The molecule has 1 aromatic carbocycles. The molecule has 0 aliphatic carbocycles.